The standard InChI is InChI=1S/C27H25FN2O4/c1-15(2)20-14-21(16(3)13-22(20)34-4)25(31)23-24(17-9-11-29-12-10-17)30(27(33)26(23)32)19-7-5-18(28)6-8-19/h5-15,24,31H,1-4H3/b25-23+. The predicted molar refractivity (Wildman–Crippen MR) is 127 cm³/mol. The third kappa shape index (κ3) is 3.94. The molecule has 1 unspecified atom stereocenters. The molecule has 0 saturated carbocycles. The summed E-state index contributed by atoms with van der Waals surface area (Å²) in [6.45, 7) is 5.81. The smallest absolute Gasteiger partial charge is 0.300 e. The van der Waals surface area contributed by atoms with Crippen LogP contribution in [0.5, 0.6) is 5.75 Å². The number of methoxy groups -OCH3 is 1. The maximum atomic E-state index is 13.6. The molecule has 0 spiro atoms. The molecule has 2 heterocycles. The van der Waals surface area contributed by atoms with E-state index in [1.54, 1.807) is 44.6 Å². The maximum Gasteiger partial charge on any atom is 0.300 e. The third-order valence-corrected chi connectivity index (χ3v) is 6.02. The first-order valence-corrected chi connectivity index (χ1v) is 10.9. The Labute approximate surface area is 197 Å². The Kier molecular flexibility index (Phi) is 6.20. The minimum absolute atomic E-state index is 0.0384. The van der Waals surface area contributed by atoms with Gasteiger partial charge in [0.25, 0.3) is 11.7 Å². The van der Waals surface area contributed by atoms with Gasteiger partial charge in [0.15, 0.2) is 0 Å². The molecule has 1 aliphatic rings. The van der Waals surface area contributed by atoms with Gasteiger partial charge in [-0.05, 0) is 78.1 Å². The molecule has 6 nitrogen and oxygen atoms in total. The highest BCUT2D eigenvalue weighted by Crippen LogP contribution is 2.43. The van der Waals surface area contributed by atoms with Crippen LogP contribution in [0, 0.1) is 12.7 Å². The van der Waals surface area contributed by atoms with Crippen molar-refractivity contribution in [2.45, 2.75) is 32.7 Å². The van der Waals surface area contributed by atoms with Gasteiger partial charge in [0.1, 0.15) is 17.3 Å². The lowest BCUT2D eigenvalue weighted by atomic mass is 9.91. The number of ether oxygens (including phenoxy) is 1. The molecule has 1 N–H and O–H groups in total. The number of pyridine rings is 1. The number of rotatable bonds is 5. The van der Waals surface area contributed by atoms with Crippen LogP contribution in [0.4, 0.5) is 10.1 Å². The fourth-order valence-corrected chi connectivity index (χ4v) is 4.29. The molecule has 1 saturated heterocycles. The van der Waals surface area contributed by atoms with E-state index >= 15 is 0 Å². The van der Waals surface area contributed by atoms with E-state index in [-0.39, 0.29) is 17.3 Å². The van der Waals surface area contributed by atoms with Gasteiger partial charge in [0.2, 0.25) is 0 Å². The number of Topliss-reactive ketones (excluding diaryl/α,β-unsaturated/α-hetero) is 1. The van der Waals surface area contributed by atoms with Gasteiger partial charge in [-0.25, -0.2) is 4.39 Å². The zero-order valence-corrected chi connectivity index (χ0v) is 19.4. The first-order valence-electron chi connectivity index (χ1n) is 10.9. The average molecular weight is 461 g/mol. The predicted octanol–water partition coefficient (Wildman–Crippen LogP) is 5.29. The highest BCUT2D eigenvalue weighted by atomic mass is 19.1. The highest BCUT2D eigenvalue weighted by molar-refractivity contribution is 6.51. The van der Waals surface area contributed by atoms with Gasteiger partial charge < -0.3 is 9.84 Å². The molecule has 1 fully saturated rings. The fourth-order valence-electron chi connectivity index (χ4n) is 4.29. The largest absolute Gasteiger partial charge is 0.507 e. The van der Waals surface area contributed by atoms with Crippen molar-refractivity contribution in [3.8, 4) is 5.75 Å². The van der Waals surface area contributed by atoms with Crippen LogP contribution in [-0.4, -0.2) is 28.9 Å². The number of aryl methyl sites for hydroxylation is 1. The number of carbonyl (C=O) groups is 2. The number of aromatic nitrogens is 1. The number of ketones is 1. The molecular weight excluding hydrogens is 435 g/mol. The van der Waals surface area contributed by atoms with Gasteiger partial charge in [-0.3, -0.25) is 19.5 Å². The second-order valence-electron chi connectivity index (χ2n) is 8.49. The number of nitrogens with zero attached hydrogens (tertiary/aromatic N) is 2. The Morgan fingerprint density at radius 2 is 1.74 bits per heavy atom. The molecule has 1 aromatic heterocycles. The number of amides is 1. The third-order valence-electron chi connectivity index (χ3n) is 6.02. The number of anilines is 1. The summed E-state index contributed by atoms with van der Waals surface area (Å²) in [4.78, 5) is 31.8. The van der Waals surface area contributed by atoms with Crippen molar-refractivity contribution in [2.75, 3.05) is 12.0 Å². The molecule has 0 bridgehead atoms. The van der Waals surface area contributed by atoms with Crippen LogP contribution in [0.3, 0.4) is 0 Å². The Hall–Kier alpha value is -4.00. The van der Waals surface area contributed by atoms with Gasteiger partial charge in [-0.1, -0.05) is 13.8 Å². The van der Waals surface area contributed by atoms with Crippen molar-refractivity contribution >= 4 is 23.1 Å². The van der Waals surface area contributed by atoms with E-state index in [0.29, 0.717) is 28.1 Å². The molecule has 2 aromatic carbocycles. The second kappa shape index (κ2) is 9.09. The van der Waals surface area contributed by atoms with Gasteiger partial charge in [-0.2, -0.15) is 0 Å². The molecular formula is C27H25FN2O4. The van der Waals surface area contributed by atoms with E-state index in [1.165, 1.54) is 29.2 Å². The number of hydrogen-bond donors (Lipinski definition) is 1. The van der Waals surface area contributed by atoms with Crippen LogP contribution in [-0.2, 0) is 9.59 Å². The van der Waals surface area contributed by atoms with Crippen LogP contribution in [0.1, 0.15) is 48.1 Å². The van der Waals surface area contributed by atoms with Crippen LogP contribution in [0.2, 0.25) is 0 Å². The van der Waals surface area contributed by atoms with Crippen LogP contribution < -0.4 is 9.64 Å². The van der Waals surface area contributed by atoms with Crippen molar-refractivity contribution in [3.05, 3.63) is 94.6 Å². The monoisotopic (exact) mass is 460 g/mol. The minimum Gasteiger partial charge on any atom is -0.507 e. The van der Waals surface area contributed by atoms with E-state index in [4.69, 9.17) is 4.74 Å². The first-order chi connectivity index (χ1) is 16.2. The normalized spacial score (nSPS) is 17.5. The first kappa shape index (κ1) is 23.2. The topological polar surface area (TPSA) is 79.7 Å². The Morgan fingerprint density at radius 1 is 1.09 bits per heavy atom. The molecule has 1 atom stereocenters. The summed E-state index contributed by atoms with van der Waals surface area (Å²) in [7, 11) is 1.58. The zero-order valence-electron chi connectivity index (χ0n) is 19.4. The van der Waals surface area contributed by atoms with E-state index in [9.17, 15) is 19.1 Å². The lowest BCUT2D eigenvalue weighted by Crippen LogP contribution is -2.29. The molecule has 7 heteroatoms. The Balaban J connectivity index is 1.97. The molecule has 0 aliphatic carbocycles. The minimum atomic E-state index is -0.905. The van der Waals surface area contributed by atoms with Gasteiger partial charge >= 0.3 is 0 Å². The highest BCUT2D eigenvalue weighted by Gasteiger charge is 2.47. The summed E-state index contributed by atoms with van der Waals surface area (Å²) in [6, 6.07) is 11.4. The van der Waals surface area contributed by atoms with E-state index in [1.807, 2.05) is 19.9 Å². The Morgan fingerprint density at radius 3 is 2.32 bits per heavy atom. The van der Waals surface area contributed by atoms with E-state index < -0.39 is 23.5 Å². The molecule has 4 rings (SSSR count). The van der Waals surface area contributed by atoms with Crippen molar-refractivity contribution in [3.63, 3.8) is 0 Å². The van der Waals surface area contributed by atoms with Crippen molar-refractivity contribution in [1.29, 1.82) is 0 Å². The second-order valence-corrected chi connectivity index (χ2v) is 8.49. The lowest BCUT2D eigenvalue weighted by Gasteiger charge is -2.25. The summed E-state index contributed by atoms with van der Waals surface area (Å²) in [6.07, 6.45) is 3.10. The summed E-state index contributed by atoms with van der Waals surface area (Å²) >= 11 is 0. The quantitative estimate of drug-likeness (QED) is 0.318. The number of hydrogen-bond acceptors (Lipinski definition) is 5. The van der Waals surface area contributed by atoms with Crippen LogP contribution in [0.25, 0.3) is 5.76 Å². The zero-order chi connectivity index (χ0) is 24.6. The van der Waals surface area contributed by atoms with Gasteiger partial charge in [-0.15, -0.1) is 0 Å². The summed E-state index contributed by atoms with van der Waals surface area (Å²) in [5, 5.41) is 11.5. The van der Waals surface area contributed by atoms with Gasteiger partial charge in [0.05, 0.1) is 18.7 Å². The van der Waals surface area contributed by atoms with Crippen molar-refractivity contribution in [2.24, 2.45) is 0 Å². The molecule has 174 valence electrons. The molecule has 1 amide bonds. The molecule has 34 heavy (non-hydrogen) atoms. The Bertz CT molecular complexity index is 1280. The van der Waals surface area contributed by atoms with Crippen molar-refractivity contribution in [1.82, 2.24) is 4.98 Å². The summed E-state index contributed by atoms with van der Waals surface area (Å²) in [5.41, 5.74) is 2.90. The van der Waals surface area contributed by atoms with Gasteiger partial charge in [0, 0.05) is 23.6 Å². The van der Waals surface area contributed by atoms with E-state index in [0.717, 1.165) is 5.56 Å². The summed E-state index contributed by atoms with van der Waals surface area (Å²) in [5.74, 6) is -1.57. The SMILES string of the molecule is COc1cc(C)c(/C(O)=C2\C(=O)C(=O)N(c3ccc(F)cc3)C2c2ccncc2)cc1C(C)C. The number of benzene rings is 2. The van der Waals surface area contributed by atoms with Crippen LogP contribution >= 0.6 is 0 Å². The number of halogens is 1. The fraction of sp³-hybridized carbons (Fsp3) is 0.222. The lowest BCUT2D eigenvalue weighted by molar-refractivity contribution is -0.132. The summed E-state index contributed by atoms with van der Waals surface area (Å²) < 4.78 is 19.1. The number of aliphatic hydroxyl groups is 1. The van der Waals surface area contributed by atoms with Crippen molar-refractivity contribution < 1.29 is 23.8 Å². The molecule has 1 aliphatic heterocycles. The average Bonchev–Trinajstić information content (AvgIpc) is 3.09. The molecule has 3 aromatic rings. The number of carbonyl (C=O) groups excluding carboxylic acids is 2. The van der Waals surface area contributed by atoms with Crippen LogP contribution in [0.15, 0.2) is 66.5 Å². The molecule has 0 radical (unpaired) electrons. The maximum absolute atomic E-state index is 13.6. The number of aliphatic hydroxyl groups excluding tert-OH is 1. The van der Waals surface area contributed by atoms with E-state index in [2.05, 4.69) is 4.98 Å².